The summed E-state index contributed by atoms with van der Waals surface area (Å²) >= 11 is 0. The lowest BCUT2D eigenvalue weighted by atomic mass is 9.95. The highest BCUT2D eigenvalue weighted by atomic mass is 16.5. The van der Waals surface area contributed by atoms with Gasteiger partial charge in [-0.3, -0.25) is 14.4 Å². The minimum absolute atomic E-state index is 0.0417. The predicted molar refractivity (Wildman–Crippen MR) is 273 cm³/mol. The number of hydrogen-bond donors (Lipinski definition) is 0. The van der Waals surface area contributed by atoms with Crippen molar-refractivity contribution < 1.29 is 23.9 Å². The van der Waals surface area contributed by atoms with Gasteiger partial charge in [0, 0.05) is 31.8 Å². The van der Waals surface area contributed by atoms with Crippen molar-refractivity contribution in [1.29, 1.82) is 0 Å². The second-order valence-electron chi connectivity index (χ2n) is 19.3. The lowest BCUT2D eigenvalue weighted by molar-refractivity contribution is -0.146. The molecule has 0 N–H and O–H groups in total. The molecule has 0 heterocycles. The standard InChI is InChI=1S/C54H106N2O5.C2H6/c1-8-13-18-21-23-32-42-52(57)56(46-35-45-55(6)7)51(40-30-24-33-43-53(58)60-47-49(36-26-16-11-4)38-28-20-15-10-3)41-31-25-34-44-54(59)61-48-50(37-27-17-12-5)39-29-22-19-14-9-2;1-2/h49-51H,8-48H2,1-7H3;1-2H3. The number of amides is 1. The van der Waals surface area contributed by atoms with E-state index < -0.39 is 0 Å². The lowest BCUT2D eigenvalue weighted by Gasteiger charge is -2.33. The second-order valence-corrected chi connectivity index (χ2v) is 19.3. The topological polar surface area (TPSA) is 76.2 Å². The maximum Gasteiger partial charge on any atom is 0.305 e. The molecular weight excluding hydrogens is 781 g/mol. The molecular formula is C56H112N2O5. The molecule has 7 nitrogen and oxygen atoms in total. The van der Waals surface area contributed by atoms with Crippen LogP contribution in [0.15, 0.2) is 0 Å². The third kappa shape index (κ3) is 42.7. The van der Waals surface area contributed by atoms with Crippen molar-refractivity contribution in [3.63, 3.8) is 0 Å². The smallest absolute Gasteiger partial charge is 0.305 e. The number of carbonyl (C=O) groups is 3. The first kappa shape index (κ1) is 63.5. The van der Waals surface area contributed by atoms with Gasteiger partial charge in [0.1, 0.15) is 0 Å². The van der Waals surface area contributed by atoms with E-state index in [9.17, 15) is 14.4 Å². The summed E-state index contributed by atoms with van der Waals surface area (Å²) in [6, 6.07) is 0.200. The van der Waals surface area contributed by atoms with Gasteiger partial charge in [-0.15, -0.1) is 0 Å². The molecule has 0 rings (SSSR count). The van der Waals surface area contributed by atoms with Crippen molar-refractivity contribution in [3.05, 3.63) is 0 Å². The zero-order chi connectivity index (χ0) is 47.0. The molecule has 3 atom stereocenters. The van der Waals surface area contributed by atoms with Crippen LogP contribution in [-0.4, -0.2) is 74.1 Å². The summed E-state index contributed by atoms with van der Waals surface area (Å²) in [4.78, 5) is 44.1. The van der Waals surface area contributed by atoms with Gasteiger partial charge in [0.15, 0.2) is 0 Å². The Labute approximate surface area is 394 Å². The molecule has 0 saturated heterocycles. The maximum absolute atomic E-state index is 13.9. The Balaban J connectivity index is 0. The van der Waals surface area contributed by atoms with Crippen LogP contribution in [0.2, 0.25) is 0 Å². The highest BCUT2D eigenvalue weighted by Gasteiger charge is 2.23. The first-order valence-electron chi connectivity index (χ1n) is 28.0. The van der Waals surface area contributed by atoms with Gasteiger partial charge >= 0.3 is 11.9 Å². The van der Waals surface area contributed by atoms with Gasteiger partial charge in [0.25, 0.3) is 0 Å². The summed E-state index contributed by atoms with van der Waals surface area (Å²) in [6.07, 6.45) is 40.9. The van der Waals surface area contributed by atoms with Gasteiger partial charge in [-0.25, -0.2) is 0 Å². The molecule has 63 heavy (non-hydrogen) atoms. The summed E-state index contributed by atoms with van der Waals surface area (Å²) in [5, 5.41) is 0. The first-order chi connectivity index (χ1) is 30.7. The number of carbonyl (C=O) groups excluding carboxylic acids is 3. The van der Waals surface area contributed by atoms with Crippen LogP contribution in [0.25, 0.3) is 0 Å². The summed E-state index contributed by atoms with van der Waals surface area (Å²) in [7, 11) is 4.22. The summed E-state index contributed by atoms with van der Waals surface area (Å²) in [5.74, 6) is 1.22. The van der Waals surface area contributed by atoms with Crippen LogP contribution in [0, 0.1) is 11.8 Å². The summed E-state index contributed by atoms with van der Waals surface area (Å²) in [6.45, 7) is 18.2. The van der Waals surface area contributed by atoms with E-state index in [1.807, 2.05) is 13.8 Å². The Morgan fingerprint density at radius 3 is 1.13 bits per heavy atom. The third-order valence-electron chi connectivity index (χ3n) is 12.9. The van der Waals surface area contributed by atoms with Gasteiger partial charge in [-0.05, 0) is 96.7 Å². The number of hydrogen-bond acceptors (Lipinski definition) is 6. The molecule has 0 spiro atoms. The molecule has 0 radical (unpaired) electrons. The SMILES string of the molecule is CC.CCCCCCCCC(=O)N(CCCN(C)C)C(CCCCCC(=O)OCC(CCCCC)CCCCCC)CCCCCC(=O)OCC(CCCCC)CCCCCCC. The van der Waals surface area contributed by atoms with E-state index in [1.54, 1.807) is 0 Å². The van der Waals surface area contributed by atoms with Crippen molar-refractivity contribution in [3.8, 4) is 0 Å². The molecule has 0 aliphatic rings. The molecule has 376 valence electrons. The molecule has 0 aromatic rings. The van der Waals surface area contributed by atoms with Crippen LogP contribution in [0.3, 0.4) is 0 Å². The zero-order valence-corrected chi connectivity index (χ0v) is 44.2. The number of unbranched alkanes of at least 4 members (excludes halogenated alkanes) is 20. The highest BCUT2D eigenvalue weighted by molar-refractivity contribution is 5.76. The van der Waals surface area contributed by atoms with Crippen LogP contribution < -0.4 is 0 Å². The maximum atomic E-state index is 13.9. The summed E-state index contributed by atoms with van der Waals surface area (Å²) in [5.41, 5.74) is 0. The molecule has 0 fully saturated rings. The average molecular weight is 894 g/mol. The minimum Gasteiger partial charge on any atom is -0.465 e. The van der Waals surface area contributed by atoms with E-state index in [4.69, 9.17) is 9.47 Å². The van der Waals surface area contributed by atoms with Crippen LogP contribution in [0.1, 0.15) is 286 Å². The highest BCUT2D eigenvalue weighted by Crippen LogP contribution is 2.23. The van der Waals surface area contributed by atoms with E-state index >= 15 is 0 Å². The van der Waals surface area contributed by atoms with Crippen LogP contribution in [0.5, 0.6) is 0 Å². The van der Waals surface area contributed by atoms with Crippen LogP contribution in [0.4, 0.5) is 0 Å². The van der Waals surface area contributed by atoms with Gasteiger partial charge in [-0.1, -0.05) is 203 Å². The summed E-state index contributed by atoms with van der Waals surface area (Å²) < 4.78 is 11.7. The molecule has 7 heteroatoms. The number of rotatable bonds is 47. The fourth-order valence-corrected chi connectivity index (χ4v) is 8.83. The van der Waals surface area contributed by atoms with Crippen molar-refractivity contribution in [2.75, 3.05) is 40.4 Å². The Morgan fingerprint density at radius 1 is 0.381 bits per heavy atom. The molecule has 0 aromatic carbocycles. The second kappa shape index (κ2) is 49.8. The Morgan fingerprint density at radius 2 is 0.698 bits per heavy atom. The molecule has 0 aliphatic carbocycles. The lowest BCUT2D eigenvalue weighted by Crippen LogP contribution is -2.41. The molecule has 3 unspecified atom stereocenters. The van der Waals surface area contributed by atoms with Gasteiger partial charge in [0.05, 0.1) is 13.2 Å². The fourth-order valence-electron chi connectivity index (χ4n) is 8.83. The fraction of sp³-hybridized carbons (Fsp3) is 0.946. The van der Waals surface area contributed by atoms with Crippen LogP contribution in [-0.2, 0) is 23.9 Å². The van der Waals surface area contributed by atoms with Gasteiger partial charge in [0.2, 0.25) is 5.91 Å². The third-order valence-corrected chi connectivity index (χ3v) is 12.9. The van der Waals surface area contributed by atoms with Crippen molar-refractivity contribution in [2.45, 2.75) is 292 Å². The minimum atomic E-state index is -0.0435. The van der Waals surface area contributed by atoms with Gasteiger partial charge < -0.3 is 19.3 Å². The van der Waals surface area contributed by atoms with E-state index in [-0.39, 0.29) is 18.0 Å². The van der Waals surface area contributed by atoms with E-state index in [2.05, 4.69) is 58.5 Å². The number of esters is 2. The molecule has 0 saturated carbocycles. The number of ether oxygens (including phenoxy) is 2. The number of nitrogens with zero attached hydrogens (tertiary/aromatic N) is 2. The average Bonchev–Trinajstić information content (AvgIpc) is 3.28. The predicted octanol–water partition coefficient (Wildman–Crippen LogP) is 16.6. The monoisotopic (exact) mass is 893 g/mol. The van der Waals surface area contributed by atoms with Crippen LogP contribution >= 0.6 is 0 Å². The molecule has 0 bridgehead atoms. The van der Waals surface area contributed by atoms with Gasteiger partial charge in [-0.2, -0.15) is 0 Å². The molecule has 0 aromatic heterocycles. The van der Waals surface area contributed by atoms with E-state index in [1.165, 1.54) is 148 Å². The van der Waals surface area contributed by atoms with Crippen molar-refractivity contribution in [2.24, 2.45) is 11.8 Å². The largest absolute Gasteiger partial charge is 0.465 e. The Kier molecular flexibility index (Phi) is 50.2. The van der Waals surface area contributed by atoms with E-state index in [0.29, 0.717) is 50.2 Å². The van der Waals surface area contributed by atoms with E-state index in [0.717, 1.165) is 83.7 Å². The Hall–Kier alpha value is -1.63. The first-order valence-corrected chi connectivity index (χ1v) is 28.0. The quantitative estimate of drug-likeness (QED) is 0.0447. The molecule has 1 amide bonds. The normalized spacial score (nSPS) is 12.7. The van der Waals surface area contributed by atoms with Crippen molar-refractivity contribution in [1.82, 2.24) is 9.80 Å². The Bertz CT molecular complexity index is 973. The van der Waals surface area contributed by atoms with Crippen molar-refractivity contribution >= 4 is 17.8 Å². The molecule has 0 aliphatic heterocycles. The zero-order valence-electron chi connectivity index (χ0n) is 44.2.